The van der Waals surface area contributed by atoms with E-state index in [1.807, 2.05) is 57.3 Å². The Labute approximate surface area is 273 Å². The fourth-order valence-electron chi connectivity index (χ4n) is 4.52. The van der Waals surface area contributed by atoms with Gasteiger partial charge in [0.25, 0.3) is 0 Å². The zero-order chi connectivity index (χ0) is 34.4. The average Bonchev–Trinajstić information content (AvgIpc) is 3.01. The molecule has 46 heavy (non-hydrogen) atoms. The van der Waals surface area contributed by atoms with Crippen LogP contribution in [0.15, 0.2) is 54.6 Å². The van der Waals surface area contributed by atoms with E-state index in [-0.39, 0.29) is 36.7 Å². The number of hydrogen-bond donors (Lipinski definition) is 4. The van der Waals surface area contributed by atoms with Gasteiger partial charge in [-0.3, -0.25) is 4.79 Å². The van der Waals surface area contributed by atoms with Gasteiger partial charge in [0.2, 0.25) is 5.91 Å². The maximum Gasteiger partial charge on any atom is 0.341 e. The summed E-state index contributed by atoms with van der Waals surface area (Å²) >= 11 is 6.36. The van der Waals surface area contributed by atoms with Crippen LogP contribution in [0.3, 0.4) is 0 Å². The number of carbonyl (C=O) groups is 2. The minimum atomic E-state index is -1.15. The molecule has 1 amide bonds. The van der Waals surface area contributed by atoms with Crippen LogP contribution in [0.25, 0.3) is 0 Å². The Morgan fingerprint density at radius 1 is 1.04 bits per heavy atom. The second-order valence-corrected chi connectivity index (χ2v) is 11.4. The van der Waals surface area contributed by atoms with E-state index in [1.54, 1.807) is 14.2 Å². The molecule has 0 aliphatic rings. The number of hydrogen-bond acceptors (Lipinski definition) is 9. The molecule has 4 N–H and O–H groups in total. The van der Waals surface area contributed by atoms with Crippen molar-refractivity contribution in [2.24, 2.45) is 5.41 Å². The summed E-state index contributed by atoms with van der Waals surface area (Å²) in [5, 5.41) is 30.3. The molecule has 0 radical (unpaired) electrons. The number of anilines is 2. The SMILES string of the molecule is CC(=O)Nc1ccc(OCC(=O)O)cc1F.COc1cccc(C(OCCO)c2cc(Cl)ccc2N(C)CC(C)(C)CO)c1OC. The molecule has 0 spiro atoms. The summed E-state index contributed by atoms with van der Waals surface area (Å²) < 4.78 is 35.2. The van der Waals surface area contributed by atoms with Crippen molar-refractivity contribution in [3.05, 3.63) is 76.6 Å². The molecule has 0 saturated carbocycles. The Kier molecular flexibility index (Phi) is 15.0. The zero-order valence-corrected chi connectivity index (χ0v) is 27.6. The normalized spacial score (nSPS) is 11.5. The number of nitrogens with one attached hydrogen (secondary N) is 1. The van der Waals surface area contributed by atoms with Crippen molar-refractivity contribution < 1.29 is 48.2 Å². The summed E-state index contributed by atoms with van der Waals surface area (Å²) in [5.41, 5.74) is 2.24. The van der Waals surface area contributed by atoms with Gasteiger partial charge in [-0.15, -0.1) is 0 Å². The molecule has 13 heteroatoms. The van der Waals surface area contributed by atoms with Crippen LogP contribution in [-0.4, -0.2) is 81.4 Å². The van der Waals surface area contributed by atoms with Gasteiger partial charge in [0, 0.05) is 60.4 Å². The Morgan fingerprint density at radius 2 is 1.76 bits per heavy atom. The number of carboxylic acid groups (broad SMARTS) is 1. The van der Waals surface area contributed by atoms with Gasteiger partial charge in [0.1, 0.15) is 17.7 Å². The van der Waals surface area contributed by atoms with Crippen LogP contribution in [0, 0.1) is 11.2 Å². The number of para-hydroxylation sites is 1. The number of aliphatic hydroxyl groups is 2. The number of amides is 1. The lowest BCUT2D eigenvalue weighted by Gasteiger charge is -2.33. The molecule has 0 heterocycles. The van der Waals surface area contributed by atoms with Crippen LogP contribution < -0.4 is 24.4 Å². The van der Waals surface area contributed by atoms with E-state index in [0.717, 1.165) is 22.9 Å². The number of rotatable bonds is 15. The van der Waals surface area contributed by atoms with Crippen molar-refractivity contribution in [2.45, 2.75) is 26.9 Å². The third kappa shape index (κ3) is 11.4. The van der Waals surface area contributed by atoms with Crippen LogP contribution in [0.5, 0.6) is 17.2 Å². The molecule has 0 aliphatic heterocycles. The molecule has 3 aromatic rings. The topological polar surface area (TPSA) is 147 Å². The minimum Gasteiger partial charge on any atom is -0.493 e. The first kappa shape index (κ1) is 38.1. The molecular formula is C33H42ClFN2O9. The molecule has 3 rings (SSSR count). The Morgan fingerprint density at radius 3 is 2.33 bits per heavy atom. The fraction of sp³-hybridized carbons (Fsp3) is 0.394. The summed E-state index contributed by atoms with van der Waals surface area (Å²) in [6.07, 6.45) is -0.546. The molecular weight excluding hydrogens is 623 g/mol. The van der Waals surface area contributed by atoms with Crippen molar-refractivity contribution in [1.29, 1.82) is 0 Å². The molecule has 0 fully saturated rings. The van der Waals surface area contributed by atoms with E-state index in [1.165, 1.54) is 19.1 Å². The number of aliphatic carboxylic acids is 1. The maximum atomic E-state index is 13.3. The monoisotopic (exact) mass is 664 g/mol. The maximum absolute atomic E-state index is 13.3. The van der Waals surface area contributed by atoms with Gasteiger partial charge in [-0.1, -0.05) is 37.6 Å². The zero-order valence-electron chi connectivity index (χ0n) is 26.8. The van der Waals surface area contributed by atoms with Crippen molar-refractivity contribution in [1.82, 2.24) is 0 Å². The van der Waals surface area contributed by atoms with E-state index in [9.17, 15) is 24.2 Å². The van der Waals surface area contributed by atoms with Crippen LogP contribution in [-0.2, 0) is 14.3 Å². The van der Waals surface area contributed by atoms with E-state index >= 15 is 0 Å². The highest BCUT2D eigenvalue weighted by Crippen LogP contribution is 2.42. The van der Waals surface area contributed by atoms with Crippen LogP contribution >= 0.6 is 11.6 Å². The lowest BCUT2D eigenvalue weighted by Crippen LogP contribution is -2.34. The van der Waals surface area contributed by atoms with Gasteiger partial charge in [-0.2, -0.15) is 0 Å². The summed E-state index contributed by atoms with van der Waals surface area (Å²) in [6, 6.07) is 14.9. The molecule has 0 aliphatic carbocycles. The molecule has 11 nitrogen and oxygen atoms in total. The highest BCUT2D eigenvalue weighted by Gasteiger charge is 2.27. The van der Waals surface area contributed by atoms with Gasteiger partial charge in [0.05, 0.1) is 33.1 Å². The average molecular weight is 665 g/mol. The molecule has 0 bridgehead atoms. The second-order valence-electron chi connectivity index (χ2n) is 10.9. The predicted molar refractivity (Wildman–Crippen MR) is 174 cm³/mol. The fourth-order valence-corrected chi connectivity index (χ4v) is 4.70. The van der Waals surface area contributed by atoms with Crippen molar-refractivity contribution >= 4 is 34.9 Å². The highest BCUT2D eigenvalue weighted by molar-refractivity contribution is 6.30. The number of nitrogens with zero attached hydrogens (tertiary/aromatic N) is 1. The summed E-state index contributed by atoms with van der Waals surface area (Å²) in [5.74, 6) is -0.977. The Hall–Kier alpha value is -4.10. The van der Waals surface area contributed by atoms with Crippen molar-refractivity contribution in [2.75, 3.05) is 64.5 Å². The molecule has 1 atom stereocenters. The third-order valence-corrected chi connectivity index (χ3v) is 6.72. The molecule has 252 valence electrons. The lowest BCUT2D eigenvalue weighted by molar-refractivity contribution is -0.139. The first-order valence-electron chi connectivity index (χ1n) is 14.2. The number of benzene rings is 3. The molecule has 0 saturated heterocycles. The number of methoxy groups -OCH3 is 2. The van der Waals surface area contributed by atoms with Crippen LogP contribution in [0.1, 0.15) is 38.0 Å². The standard InChI is InChI=1S/C23H32ClNO5.C10H10FNO4/c1-23(2,15-27)14-25(3)19-10-9-16(24)13-18(19)21(30-12-11-26)17-7-6-8-20(28-4)22(17)29-5;1-6(13)12-9-3-2-7(4-8(9)11)16-5-10(14)15/h6-10,13,21,26-27H,11-12,14-15H2,1-5H3;2-4H,5H2,1H3,(H,12,13)(H,14,15). The van der Waals surface area contributed by atoms with Gasteiger partial charge in [-0.05, 0) is 36.4 Å². The van der Waals surface area contributed by atoms with E-state index in [0.29, 0.717) is 23.1 Å². The molecule has 3 aromatic carbocycles. The number of halogens is 2. The lowest BCUT2D eigenvalue weighted by atomic mass is 9.93. The highest BCUT2D eigenvalue weighted by atomic mass is 35.5. The summed E-state index contributed by atoms with van der Waals surface area (Å²) in [6.45, 7) is 5.43. The minimum absolute atomic E-state index is 0.0233. The summed E-state index contributed by atoms with van der Waals surface area (Å²) in [4.78, 5) is 22.9. The van der Waals surface area contributed by atoms with Gasteiger partial charge in [0.15, 0.2) is 18.1 Å². The van der Waals surface area contributed by atoms with E-state index < -0.39 is 30.4 Å². The second kappa shape index (κ2) is 18.1. The molecule has 0 aromatic heterocycles. The van der Waals surface area contributed by atoms with Crippen molar-refractivity contribution in [3.63, 3.8) is 0 Å². The molecule has 1 unspecified atom stereocenters. The number of aliphatic hydroxyl groups excluding tert-OH is 2. The van der Waals surface area contributed by atoms with Crippen LogP contribution in [0.4, 0.5) is 15.8 Å². The Balaban J connectivity index is 0.000000387. The quantitative estimate of drug-likeness (QED) is 0.172. The predicted octanol–water partition coefficient (Wildman–Crippen LogP) is 5.16. The largest absolute Gasteiger partial charge is 0.493 e. The van der Waals surface area contributed by atoms with Gasteiger partial charge >= 0.3 is 5.97 Å². The Bertz CT molecular complexity index is 1450. The number of ether oxygens (including phenoxy) is 4. The van der Waals surface area contributed by atoms with Gasteiger partial charge in [-0.25, -0.2) is 9.18 Å². The third-order valence-electron chi connectivity index (χ3n) is 6.48. The first-order valence-corrected chi connectivity index (χ1v) is 14.6. The van der Waals surface area contributed by atoms with E-state index in [4.69, 9.17) is 35.7 Å². The first-order chi connectivity index (χ1) is 21.8. The van der Waals surface area contributed by atoms with Crippen LogP contribution in [0.2, 0.25) is 5.02 Å². The van der Waals surface area contributed by atoms with Crippen molar-refractivity contribution in [3.8, 4) is 17.2 Å². The smallest absolute Gasteiger partial charge is 0.341 e. The number of carbonyl (C=O) groups excluding carboxylic acids is 1. The van der Waals surface area contributed by atoms with Gasteiger partial charge < -0.3 is 44.5 Å². The van der Waals surface area contributed by atoms with E-state index in [2.05, 4.69) is 10.2 Å². The summed E-state index contributed by atoms with van der Waals surface area (Å²) in [7, 11) is 5.13. The number of carboxylic acids is 1.